The molecule has 1 amide bonds. The van der Waals surface area contributed by atoms with Crippen LogP contribution in [0.1, 0.15) is 21.7 Å². The van der Waals surface area contributed by atoms with Crippen LogP contribution in [0, 0.1) is 13.8 Å². The summed E-state index contributed by atoms with van der Waals surface area (Å²) in [7, 11) is 1.58. The molecule has 16 heavy (non-hydrogen) atoms. The number of alkyl halides is 1. The summed E-state index contributed by atoms with van der Waals surface area (Å²) in [5, 5.41) is 2.55. The van der Waals surface area contributed by atoms with Gasteiger partial charge in [0.2, 0.25) is 5.91 Å². The summed E-state index contributed by atoms with van der Waals surface area (Å²) in [5.74, 6) is -0.242. The number of amides is 1. The SMILES string of the molecule is CNC(=O)Cn1c(C)cc(C(=O)CCl)c1C. The van der Waals surface area contributed by atoms with E-state index < -0.39 is 0 Å². The number of rotatable bonds is 4. The molecule has 0 fully saturated rings. The van der Waals surface area contributed by atoms with Crippen molar-refractivity contribution < 1.29 is 9.59 Å². The van der Waals surface area contributed by atoms with Crippen molar-refractivity contribution in [1.82, 2.24) is 9.88 Å². The van der Waals surface area contributed by atoms with Gasteiger partial charge in [0.1, 0.15) is 6.54 Å². The van der Waals surface area contributed by atoms with Crippen LogP contribution >= 0.6 is 11.6 Å². The van der Waals surface area contributed by atoms with Crippen molar-refractivity contribution in [2.75, 3.05) is 12.9 Å². The van der Waals surface area contributed by atoms with Gasteiger partial charge in [-0.15, -0.1) is 11.6 Å². The van der Waals surface area contributed by atoms with E-state index in [0.29, 0.717) is 5.56 Å². The predicted molar refractivity (Wildman–Crippen MR) is 63.0 cm³/mol. The zero-order valence-corrected chi connectivity index (χ0v) is 10.4. The molecule has 0 unspecified atom stereocenters. The second kappa shape index (κ2) is 5.16. The van der Waals surface area contributed by atoms with Crippen molar-refractivity contribution in [2.45, 2.75) is 20.4 Å². The zero-order valence-electron chi connectivity index (χ0n) is 9.63. The van der Waals surface area contributed by atoms with Crippen molar-refractivity contribution in [3.05, 3.63) is 23.0 Å². The lowest BCUT2D eigenvalue weighted by Gasteiger charge is -2.08. The number of hydrogen-bond acceptors (Lipinski definition) is 2. The number of nitrogens with one attached hydrogen (secondary N) is 1. The smallest absolute Gasteiger partial charge is 0.239 e. The monoisotopic (exact) mass is 242 g/mol. The van der Waals surface area contributed by atoms with Gasteiger partial charge >= 0.3 is 0 Å². The molecular formula is C11H15ClN2O2. The Kier molecular flexibility index (Phi) is 4.12. The molecular weight excluding hydrogens is 228 g/mol. The van der Waals surface area contributed by atoms with Crippen molar-refractivity contribution in [1.29, 1.82) is 0 Å². The third-order valence-corrected chi connectivity index (χ3v) is 2.82. The summed E-state index contributed by atoms with van der Waals surface area (Å²) >= 11 is 5.52. The van der Waals surface area contributed by atoms with Gasteiger partial charge in [-0.25, -0.2) is 0 Å². The minimum absolute atomic E-state index is 0.0374. The molecule has 0 atom stereocenters. The number of hydrogen-bond donors (Lipinski definition) is 1. The van der Waals surface area contributed by atoms with Crippen molar-refractivity contribution in [3.63, 3.8) is 0 Å². The maximum atomic E-state index is 11.5. The summed E-state index contributed by atoms with van der Waals surface area (Å²) in [6.45, 7) is 3.90. The van der Waals surface area contributed by atoms with Gasteiger partial charge in [-0.2, -0.15) is 0 Å². The highest BCUT2D eigenvalue weighted by molar-refractivity contribution is 6.30. The first-order valence-corrected chi connectivity index (χ1v) is 5.51. The van der Waals surface area contributed by atoms with Crippen LogP contribution in [0.25, 0.3) is 0 Å². The number of halogens is 1. The van der Waals surface area contributed by atoms with E-state index in [0.717, 1.165) is 11.4 Å². The number of aromatic nitrogens is 1. The van der Waals surface area contributed by atoms with E-state index in [-0.39, 0.29) is 24.1 Å². The molecule has 0 aromatic carbocycles. The molecule has 0 radical (unpaired) electrons. The first kappa shape index (κ1) is 12.8. The predicted octanol–water partition coefficient (Wildman–Crippen LogP) is 1.27. The standard InChI is InChI=1S/C11H15ClN2O2/c1-7-4-9(10(15)5-12)8(2)14(7)6-11(16)13-3/h4H,5-6H2,1-3H3,(H,13,16). The molecule has 1 heterocycles. The van der Waals surface area contributed by atoms with Gasteiger partial charge in [0.25, 0.3) is 0 Å². The second-order valence-electron chi connectivity index (χ2n) is 3.60. The van der Waals surface area contributed by atoms with E-state index in [9.17, 15) is 9.59 Å². The summed E-state index contributed by atoms with van der Waals surface area (Å²) in [5.41, 5.74) is 2.26. The fraction of sp³-hybridized carbons (Fsp3) is 0.455. The first-order chi connectivity index (χ1) is 7.51. The number of ketones is 1. The van der Waals surface area contributed by atoms with Crippen LogP contribution in [0.4, 0.5) is 0 Å². The molecule has 0 saturated heterocycles. The number of likely N-dealkylation sites (N-methyl/N-ethyl adjacent to an activating group) is 1. The number of nitrogens with zero attached hydrogens (tertiary/aromatic N) is 1. The second-order valence-corrected chi connectivity index (χ2v) is 3.87. The largest absolute Gasteiger partial charge is 0.358 e. The van der Waals surface area contributed by atoms with Crippen LogP contribution in [0.2, 0.25) is 0 Å². The quantitative estimate of drug-likeness (QED) is 0.639. The Labute approximate surface area is 99.6 Å². The van der Waals surface area contributed by atoms with E-state index in [1.807, 2.05) is 13.8 Å². The third kappa shape index (κ3) is 2.44. The van der Waals surface area contributed by atoms with Gasteiger partial charge in [0, 0.05) is 24.0 Å². The van der Waals surface area contributed by atoms with E-state index in [1.165, 1.54) is 0 Å². The number of Topliss-reactive ketones (excluding diaryl/α,β-unsaturated/α-hetero) is 1. The molecule has 0 aliphatic carbocycles. The van der Waals surface area contributed by atoms with E-state index in [4.69, 9.17) is 11.6 Å². The minimum atomic E-state index is -0.113. The molecule has 1 aromatic rings. The molecule has 0 bridgehead atoms. The maximum absolute atomic E-state index is 11.5. The maximum Gasteiger partial charge on any atom is 0.239 e. The summed E-state index contributed by atoms with van der Waals surface area (Å²) in [4.78, 5) is 22.8. The molecule has 1 aromatic heterocycles. The normalized spacial score (nSPS) is 10.2. The third-order valence-electron chi connectivity index (χ3n) is 2.58. The number of carbonyl (C=O) groups is 2. The molecule has 0 saturated carbocycles. The van der Waals surface area contributed by atoms with Gasteiger partial charge in [-0.3, -0.25) is 9.59 Å². The van der Waals surface area contributed by atoms with Gasteiger partial charge in [0.05, 0.1) is 5.88 Å². The minimum Gasteiger partial charge on any atom is -0.358 e. The van der Waals surface area contributed by atoms with Crippen LogP contribution in [0.15, 0.2) is 6.07 Å². The molecule has 1 N–H and O–H groups in total. The van der Waals surface area contributed by atoms with Crippen molar-refractivity contribution >= 4 is 23.3 Å². The lowest BCUT2D eigenvalue weighted by atomic mass is 10.2. The zero-order chi connectivity index (χ0) is 12.3. The molecule has 0 spiro atoms. The van der Waals surface area contributed by atoms with Crippen molar-refractivity contribution in [3.8, 4) is 0 Å². The van der Waals surface area contributed by atoms with Crippen LogP contribution in [-0.4, -0.2) is 29.2 Å². The fourth-order valence-electron chi connectivity index (χ4n) is 1.62. The van der Waals surface area contributed by atoms with Crippen LogP contribution in [-0.2, 0) is 11.3 Å². The molecule has 1 rings (SSSR count). The highest BCUT2D eigenvalue weighted by atomic mass is 35.5. The molecule has 5 heteroatoms. The first-order valence-electron chi connectivity index (χ1n) is 4.97. The number of carbonyl (C=O) groups excluding carboxylic acids is 2. The summed E-state index contributed by atoms with van der Waals surface area (Å²) in [6, 6.07) is 1.77. The highest BCUT2D eigenvalue weighted by Crippen LogP contribution is 2.16. The Bertz CT molecular complexity index is 424. The number of aryl methyl sites for hydroxylation is 1. The Morgan fingerprint density at radius 1 is 1.44 bits per heavy atom. The average Bonchev–Trinajstić information content (AvgIpc) is 2.55. The van der Waals surface area contributed by atoms with Crippen LogP contribution in [0.3, 0.4) is 0 Å². The Hall–Kier alpha value is -1.29. The van der Waals surface area contributed by atoms with E-state index >= 15 is 0 Å². The highest BCUT2D eigenvalue weighted by Gasteiger charge is 2.15. The Balaban J connectivity index is 3.07. The molecule has 0 aliphatic rings. The molecule has 0 aliphatic heterocycles. The summed E-state index contributed by atoms with van der Waals surface area (Å²) in [6.07, 6.45) is 0. The van der Waals surface area contributed by atoms with Crippen LogP contribution < -0.4 is 5.32 Å². The lowest BCUT2D eigenvalue weighted by molar-refractivity contribution is -0.121. The average molecular weight is 243 g/mol. The lowest BCUT2D eigenvalue weighted by Crippen LogP contribution is -2.24. The van der Waals surface area contributed by atoms with Gasteiger partial charge in [-0.1, -0.05) is 0 Å². The fourth-order valence-corrected chi connectivity index (χ4v) is 1.77. The topological polar surface area (TPSA) is 51.1 Å². The molecule has 4 nitrogen and oxygen atoms in total. The van der Waals surface area contributed by atoms with Gasteiger partial charge in [-0.05, 0) is 19.9 Å². The molecule has 88 valence electrons. The van der Waals surface area contributed by atoms with Crippen molar-refractivity contribution in [2.24, 2.45) is 0 Å². The van der Waals surface area contributed by atoms with E-state index in [2.05, 4.69) is 5.32 Å². The Morgan fingerprint density at radius 3 is 2.56 bits per heavy atom. The van der Waals surface area contributed by atoms with Gasteiger partial charge < -0.3 is 9.88 Å². The van der Waals surface area contributed by atoms with Gasteiger partial charge in [0.15, 0.2) is 5.78 Å². The van der Waals surface area contributed by atoms with E-state index in [1.54, 1.807) is 17.7 Å². The van der Waals surface area contributed by atoms with Crippen LogP contribution in [0.5, 0.6) is 0 Å². The Morgan fingerprint density at radius 2 is 2.06 bits per heavy atom. The summed E-state index contributed by atoms with van der Waals surface area (Å²) < 4.78 is 1.80.